The van der Waals surface area contributed by atoms with Crippen LogP contribution in [0.15, 0.2) is 18.2 Å². The van der Waals surface area contributed by atoms with Gasteiger partial charge in [0, 0.05) is 6.54 Å². The van der Waals surface area contributed by atoms with Crippen LogP contribution in [-0.4, -0.2) is 54.5 Å². The number of carbonyl (C=O) groups excluding carboxylic acids is 3. The molecule has 226 valence electrons. The summed E-state index contributed by atoms with van der Waals surface area (Å²) in [7, 11) is 0. The average molecular weight is 566 g/mol. The van der Waals surface area contributed by atoms with Gasteiger partial charge in [-0.3, -0.25) is 14.4 Å². The lowest BCUT2D eigenvalue weighted by Gasteiger charge is -2.20. The molecule has 10 heteroatoms. The summed E-state index contributed by atoms with van der Waals surface area (Å²) in [6, 6.07) is 3.59. The van der Waals surface area contributed by atoms with Gasteiger partial charge in [-0.1, -0.05) is 67.4 Å². The molecule has 2 atom stereocenters. The van der Waals surface area contributed by atoms with Crippen molar-refractivity contribution in [2.75, 3.05) is 13.2 Å². The fraction of sp³-hybridized carbons (Fsp3) is 0.667. The van der Waals surface area contributed by atoms with Crippen molar-refractivity contribution in [2.24, 2.45) is 10.8 Å². The molecule has 0 amide bonds. The molecule has 0 spiro atoms. The van der Waals surface area contributed by atoms with E-state index in [1.165, 1.54) is 12.1 Å². The van der Waals surface area contributed by atoms with Gasteiger partial charge in [-0.15, -0.1) is 0 Å². The van der Waals surface area contributed by atoms with E-state index in [2.05, 4.69) is 5.32 Å². The van der Waals surface area contributed by atoms with Crippen LogP contribution in [0, 0.1) is 10.8 Å². The summed E-state index contributed by atoms with van der Waals surface area (Å²) in [6.45, 7) is 15.4. The van der Waals surface area contributed by atoms with Crippen LogP contribution in [0.4, 0.5) is 4.79 Å². The van der Waals surface area contributed by atoms with E-state index >= 15 is 0 Å². The topological polar surface area (TPSA) is 137 Å². The summed E-state index contributed by atoms with van der Waals surface area (Å²) < 4.78 is 21.3. The molecule has 1 unspecified atom stereocenters. The van der Waals surface area contributed by atoms with Crippen LogP contribution in [0.3, 0.4) is 0 Å². The second-order valence-electron chi connectivity index (χ2n) is 12.4. The number of carboxylic acid groups (broad SMARTS) is 1. The quantitative estimate of drug-likeness (QED) is 0.155. The molecular weight excluding hydrogens is 518 g/mol. The van der Waals surface area contributed by atoms with E-state index in [1.807, 2.05) is 48.5 Å². The van der Waals surface area contributed by atoms with Crippen molar-refractivity contribution in [3.8, 4) is 11.5 Å². The summed E-state index contributed by atoms with van der Waals surface area (Å²) in [5.41, 5.74) is -0.0813. The Bertz CT molecular complexity index is 992. The van der Waals surface area contributed by atoms with Crippen LogP contribution < -0.4 is 14.8 Å². The average Bonchev–Trinajstić information content (AvgIpc) is 2.78. The van der Waals surface area contributed by atoms with Crippen molar-refractivity contribution in [1.82, 2.24) is 5.32 Å². The van der Waals surface area contributed by atoms with Gasteiger partial charge in [-0.25, -0.2) is 4.79 Å². The number of carbonyl (C=O) groups is 4. The van der Waals surface area contributed by atoms with Crippen LogP contribution in [0.25, 0.3) is 0 Å². The third-order valence-electron chi connectivity index (χ3n) is 5.46. The molecule has 2 N–H and O–H groups in total. The fourth-order valence-corrected chi connectivity index (χ4v) is 3.57. The number of aliphatic carboxylic acids is 1. The largest absolute Gasteiger partial charge is 0.508 e. The molecule has 1 aromatic rings. The molecule has 10 nitrogen and oxygen atoms in total. The maximum Gasteiger partial charge on any atom is 0.508 e. The number of benzene rings is 1. The second kappa shape index (κ2) is 16.2. The lowest BCUT2D eigenvalue weighted by molar-refractivity contribution is -0.139. The number of carboxylic acids is 1. The Balaban J connectivity index is 2.96. The highest BCUT2D eigenvalue weighted by Gasteiger charge is 2.24. The summed E-state index contributed by atoms with van der Waals surface area (Å²) in [5.74, 6) is -1.96. The second-order valence-corrected chi connectivity index (χ2v) is 12.4. The van der Waals surface area contributed by atoms with Crippen molar-refractivity contribution < 1.29 is 43.2 Å². The molecule has 1 rings (SSSR count). The zero-order valence-electron chi connectivity index (χ0n) is 25.3. The van der Waals surface area contributed by atoms with Crippen LogP contribution >= 0.6 is 0 Å². The zero-order chi connectivity index (χ0) is 30.5. The predicted molar refractivity (Wildman–Crippen MR) is 150 cm³/mol. The van der Waals surface area contributed by atoms with Gasteiger partial charge in [0.05, 0.1) is 19.4 Å². The third-order valence-corrected chi connectivity index (χ3v) is 5.46. The first-order valence-electron chi connectivity index (χ1n) is 13.8. The van der Waals surface area contributed by atoms with Crippen LogP contribution in [0.1, 0.15) is 93.1 Å². The van der Waals surface area contributed by atoms with E-state index in [0.717, 1.165) is 19.3 Å². The Kier molecular flexibility index (Phi) is 14.1. The highest BCUT2D eigenvalue weighted by atomic mass is 16.7. The maximum atomic E-state index is 12.6. The number of unbranched alkanes of at least 4 members (excludes halogenated alkanes) is 2. The smallest absolute Gasteiger partial charge is 0.480 e. The minimum absolute atomic E-state index is 0.0313. The number of nitrogens with one attached hydrogen (secondary N) is 1. The van der Waals surface area contributed by atoms with Gasteiger partial charge in [-0.2, -0.15) is 0 Å². The van der Waals surface area contributed by atoms with Gasteiger partial charge in [-0.05, 0) is 48.3 Å². The van der Waals surface area contributed by atoms with Gasteiger partial charge in [0.2, 0.25) is 0 Å². The van der Waals surface area contributed by atoms with E-state index in [-0.39, 0.29) is 54.7 Å². The number of hydrogen-bond donors (Lipinski definition) is 2. The molecule has 0 aliphatic rings. The van der Waals surface area contributed by atoms with Crippen LogP contribution in [0.2, 0.25) is 0 Å². The summed E-state index contributed by atoms with van der Waals surface area (Å²) >= 11 is 0. The normalized spacial score (nSPS) is 13.2. The molecule has 40 heavy (non-hydrogen) atoms. The Hall–Kier alpha value is -3.14. The molecule has 1 aromatic carbocycles. The summed E-state index contributed by atoms with van der Waals surface area (Å²) in [6.07, 6.45) is 1.59. The number of rotatable bonds is 15. The Morgan fingerprint density at radius 2 is 1.48 bits per heavy atom. The third kappa shape index (κ3) is 15.5. The van der Waals surface area contributed by atoms with Crippen molar-refractivity contribution in [3.05, 3.63) is 23.8 Å². The Labute approximate surface area is 238 Å². The highest BCUT2D eigenvalue weighted by Crippen LogP contribution is 2.32. The molecule has 0 aromatic heterocycles. The zero-order valence-corrected chi connectivity index (χ0v) is 25.3. The lowest BCUT2D eigenvalue weighted by Crippen LogP contribution is -2.42. The molecule has 0 heterocycles. The summed E-state index contributed by atoms with van der Waals surface area (Å²) in [4.78, 5) is 48.8. The first kappa shape index (κ1) is 34.9. The first-order valence-corrected chi connectivity index (χ1v) is 13.8. The number of ether oxygens (including phenoxy) is 4. The summed E-state index contributed by atoms with van der Waals surface area (Å²) in [5, 5.41) is 12.7. The van der Waals surface area contributed by atoms with Crippen molar-refractivity contribution >= 4 is 24.1 Å². The van der Waals surface area contributed by atoms with Gasteiger partial charge < -0.3 is 29.4 Å². The fourth-order valence-electron chi connectivity index (χ4n) is 3.57. The molecule has 0 bridgehead atoms. The minimum Gasteiger partial charge on any atom is -0.480 e. The number of esters is 2. The molecule has 0 aliphatic heterocycles. The SMILES string of the molecule is CCCCCOC(=O)OC(C)CN[C@@H](Cc1ccc(OC(=O)CC(C)(C)C)c(OC(=O)CC(C)(C)C)c1)C(=O)O. The molecule has 0 fully saturated rings. The van der Waals surface area contributed by atoms with Gasteiger partial charge in [0.1, 0.15) is 12.1 Å². The number of hydrogen-bond acceptors (Lipinski definition) is 9. The van der Waals surface area contributed by atoms with Gasteiger partial charge in [0.15, 0.2) is 11.5 Å². The maximum absolute atomic E-state index is 12.6. The Morgan fingerprint density at radius 3 is 2.00 bits per heavy atom. The van der Waals surface area contributed by atoms with E-state index in [9.17, 15) is 24.3 Å². The van der Waals surface area contributed by atoms with Crippen LogP contribution in [0.5, 0.6) is 11.5 Å². The Morgan fingerprint density at radius 1 is 0.900 bits per heavy atom. The first-order chi connectivity index (χ1) is 18.5. The van der Waals surface area contributed by atoms with Gasteiger partial charge >= 0.3 is 24.1 Å². The lowest BCUT2D eigenvalue weighted by atomic mass is 9.92. The monoisotopic (exact) mass is 565 g/mol. The van der Waals surface area contributed by atoms with Crippen molar-refractivity contribution in [3.63, 3.8) is 0 Å². The van der Waals surface area contributed by atoms with E-state index < -0.39 is 36.2 Å². The molecule has 0 saturated heterocycles. The van der Waals surface area contributed by atoms with Crippen molar-refractivity contribution in [1.29, 1.82) is 0 Å². The van der Waals surface area contributed by atoms with E-state index in [1.54, 1.807) is 13.0 Å². The van der Waals surface area contributed by atoms with Crippen LogP contribution in [-0.2, 0) is 30.3 Å². The molecular formula is C30H47NO9. The highest BCUT2D eigenvalue weighted by molar-refractivity contribution is 5.77. The minimum atomic E-state index is -1.11. The molecule has 0 saturated carbocycles. The predicted octanol–water partition coefficient (Wildman–Crippen LogP) is 5.69. The van der Waals surface area contributed by atoms with Gasteiger partial charge in [0.25, 0.3) is 0 Å². The van der Waals surface area contributed by atoms with E-state index in [0.29, 0.717) is 5.56 Å². The molecule has 0 aliphatic carbocycles. The standard InChI is InChI=1S/C30H47NO9/c1-9-10-11-14-37-28(36)38-20(2)19-31-22(27(34)35)15-21-12-13-23(39-25(32)17-29(3,4)5)24(16-21)40-26(33)18-30(6,7)8/h12-13,16,20,22,31H,9-11,14-15,17-19H2,1-8H3,(H,34,35)/t20?,22-/m0/s1. The molecule has 0 radical (unpaired) electrons. The van der Waals surface area contributed by atoms with E-state index in [4.69, 9.17) is 18.9 Å². The van der Waals surface area contributed by atoms with Crippen molar-refractivity contribution in [2.45, 2.75) is 106 Å².